The Kier molecular flexibility index (Phi) is 2.59. The van der Waals surface area contributed by atoms with Crippen molar-refractivity contribution < 1.29 is 4.79 Å². The molecule has 74 valence electrons. The summed E-state index contributed by atoms with van der Waals surface area (Å²) in [6.45, 7) is 0. The van der Waals surface area contributed by atoms with Crippen molar-refractivity contribution in [3.63, 3.8) is 0 Å². The van der Waals surface area contributed by atoms with Crippen LogP contribution in [0.1, 0.15) is 11.1 Å². The molecular formula is C11H12BrNO. The Morgan fingerprint density at radius 1 is 1.50 bits per heavy atom. The van der Waals surface area contributed by atoms with E-state index in [-0.39, 0.29) is 5.91 Å². The SMILES string of the molecule is CN1C(=O)Cc2cc(CCBr)ccc21. The van der Waals surface area contributed by atoms with Crippen molar-refractivity contribution in [3.05, 3.63) is 29.3 Å². The third kappa shape index (κ3) is 1.57. The lowest BCUT2D eigenvalue weighted by Gasteiger charge is -2.10. The van der Waals surface area contributed by atoms with Gasteiger partial charge in [0.15, 0.2) is 0 Å². The topological polar surface area (TPSA) is 20.3 Å². The molecule has 2 rings (SSSR count). The first-order valence-electron chi connectivity index (χ1n) is 4.66. The number of benzene rings is 1. The van der Waals surface area contributed by atoms with Crippen LogP contribution in [0.5, 0.6) is 0 Å². The average Bonchev–Trinajstić information content (AvgIpc) is 2.43. The lowest BCUT2D eigenvalue weighted by molar-refractivity contribution is -0.117. The zero-order chi connectivity index (χ0) is 10.1. The fourth-order valence-corrected chi connectivity index (χ4v) is 2.25. The molecule has 1 heterocycles. The summed E-state index contributed by atoms with van der Waals surface area (Å²) in [5.74, 6) is 0.191. The van der Waals surface area contributed by atoms with Gasteiger partial charge >= 0.3 is 0 Å². The molecule has 2 nitrogen and oxygen atoms in total. The van der Waals surface area contributed by atoms with E-state index in [1.54, 1.807) is 4.90 Å². The maximum atomic E-state index is 11.4. The smallest absolute Gasteiger partial charge is 0.231 e. The lowest BCUT2D eigenvalue weighted by Crippen LogP contribution is -2.20. The van der Waals surface area contributed by atoms with Gasteiger partial charge in [-0.05, 0) is 23.6 Å². The molecule has 0 fully saturated rings. The van der Waals surface area contributed by atoms with Crippen LogP contribution in [0.25, 0.3) is 0 Å². The van der Waals surface area contributed by atoms with Crippen molar-refractivity contribution in [2.75, 3.05) is 17.3 Å². The summed E-state index contributed by atoms with van der Waals surface area (Å²) >= 11 is 3.41. The first-order chi connectivity index (χ1) is 6.72. The third-order valence-electron chi connectivity index (χ3n) is 2.60. The molecule has 0 aromatic heterocycles. The van der Waals surface area contributed by atoms with Gasteiger partial charge in [-0.25, -0.2) is 0 Å². The molecule has 0 aliphatic carbocycles. The molecule has 1 aliphatic heterocycles. The number of alkyl halides is 1. The van der Waals surface area contributed by atoms with Gasteiger partial charge in [-0.2, -0.15) is 0 Å². The van der Waals surface area contributed by atoms with Gasteiger partial charge in [0.1, 0.15) is 0 Å². The zero-order valence-electron chi connectivity index (χ0n) is 8.09. The number of aryl methyl sites for hydroxylation is 1. The number of nitrogens with zero attached hydrogens (tertiary/aromatic N) is 1. The minimum Gasteiger partial charge on any atom is -0.315 e. The van der Waals surface area contributed by atoms with Crippen LogP contribution in [0.3, 0.4) is 0 Å². The molecule has 1 aliphatic rings. The summed E-state index contributed by atoms with van der Waals surface area (Å²) in [5, 5.41) is 0.968. The Hall–Kier alpha value is -0.830. The van der Waals surface area contributed by atoms with E-state index in [1.807, 2.05) is 13.1 Å². The first kappa shape index (κ1) is 9.71. The van der Waals surface area contributed by atoms with Crippen molar-refractivity contribution in [2.24, 2.45) is 0 Å². The standard InChI is InChI=1S/C11H12BrNO/c1-13-10-3-2-8(4-5-12)6-9(10)7-11(13)14/h2-3,6H,4-5,7H2,1H3. The van der Waals surface area contributed by atoms with E-state index >= 15 is 0 Å². The van der Waals surface area contributed by atoms with E-state index in [4.69, 9.17) is 0 Å². The number of carbonyl (C=O) groups excluding carboxylic acids is 1. The fourth-order valence-electron chi connectivity index (χ4n) is 1.79. The lowest BCUT2D eigenvalue weighted by atomic mass is 10.1. The van der Waals surface area contributed by atoms with E-state index in [0.717, 1.165) is 23.0 Å². The molecule has 14 heavy (non-hydrogen) atoms. The van der Waals surface area contributed by atoms with Crippen molar-refractivity contribution >= 4 is 27.5 Å². The van der Waals surface area contributed by atoms with Crippen LogP contribution in [-0.2, 0) is 17.6 Å². The number of amides is 1. The Balaban J connectivity index is 2.34. The fraction of sp³-hybridized carbons (Fsp3) is 0.364. The molecule has 0 spiro atoms. The van der Waals surface area contributed by atoms with Gasteiger partial charge < -0.3 is 4.90 Å². The van der Waals surface area contributed by atoms with Crippen molar-refractivity contribution in [2.45, 2.75) is 12.8 Å². The van der Waals surface area contributed by atoms with Crippen LogP contribution in [0, 0.1) is 0 Å². The van der Waals surface area contributed by atoms with Crippen LogP contribution in [-0.4, -0.2) is 18.3 Å². The molecule has 0 saturated carbocycles. The molecule has 1 amide bonds. The molecule has 1 aromatic carbocycles. The molecule has 1 aromatic rings. The molecule has 0 saturated heterocycles. The van der Waals surface area contributed by atoms with Crippen molar-refractivity contribution in [3.8, 4) is 0 Å². The summed E-state index contributed by atoms with van der Waals surface area (Å²) in [7, 11) is 1.83. The van der Waals surface area contributed by atoms with Crippen molar-refractivity contribution in [1.82, 2.24) is 0 Å². The predicted molar refractivity (Wildman–Crippen MR) is 61.1 cm³/mol. The summed E-state index contributed by atoms with van der Waals surface area (Å²) in [5.41, 5.74) is 3.52. The summed E-state index contributed by atoms with van der Waals surface area (Å²) in [4.78, 5) is 13.1. The Bertz CT molecular complexity index is 376. The monoisotopic (exact) mass is 253 g/mol. The number of halogens is 1. The van der Waals surface area contributed by atoms with E-state index in [2.05, 4.69) is 28.1 Å². The highest BCUT2D eigenvalue weighted by molar-refractivity contribution is 9.09. The number of fused-ring (bicyclic) bond motifs is 1. The quantitative estimate of drug-likeness (QED) is 0.740. The average molecular weight is 254 g/mol. The summed E-state index contributed by atoms with van der Waals surface area (Å²) in [6.07, 6.45) is 1.58. The van der Waals surface area contributed by atoms with Gasteiger partial charge in [0.2, 0.25) is 5.91 Å². The van der Waals surface area contributed by atoms with Gasteiger partial charge in [-0.3, -0.25) is 4.79 Å². The van der Waals surface area contributed by atoms with Gasteiger partial charge in [0.05, 0.1) is 6.42 Å². The van der Waals surface area contributed by atoms with E-state index in [0.29, 0.717) is 6.42 Å². The van der Waals surface area contributed by atoms with Crippen LogP contribution in [0.2, 0.25) is 0 Å². The number of hydrogen-bond acceptors (Lipinski definition) is 1. The molecule has 0 atom stereocenters. The number of hydrogen-bond donors (Lipinski definition) is 0. The maximum Gasteiger partial charge on any atom is 0.231 e. The largest absolute Gasteiger partial charge is 0.315 e. The normalized spacial score (nSPS) is 14.7. The zero-order valence-corrected chi connectivity index (χ0v) is 9.67. The van der Waals surface area contributed by atoms with Crippen LogP contribution in [0.15, 0.2) is 18.2 Å². The molecule has 3 heteroatoms. The molecule has 0 bridgehead atoms. The van der Waals surface area contributed by atoms with Crippen molar-refractivity contribution in [1.29, 1.82) is 0 Å². The number of rotatable bonds is 2. The van der Waals surface area contributed by atoms with Crippen LogP contribution >= 0.6 is 15.9 Å². The third-order valence-corrected chi connectivity index (χ3v) is 3.00. The number of carbonyl (C=O) groups is 1. The van der Waals surface area contributed by atoms with Gasteiger partial charge in [0.25, 0.3) is 0 Å². The van der Waals surface area contributed by atoms with Gasteiger partial charge in [0, 0.05) is 18.1 Å². The minimum atomic E-state index is 0.191. The second kappa shape index (κ2) is 3.73. The van der Waals surface area contributed by atoms with Gasteiger partial charge in [-0.1, -0.05) is 28.1 Å². The van der Waals surface area contributed by atoms with E-state index < -0.39 is 0 Å². The minimum absolute atomic E-state index is 0.191. The Morgan fingerprint density at radius 3 is 3.00 bits per heavy atom. The Morgan fingerprint density at radius 2 is 2.29 bits per heavy atom. The van der Waals surface area contributed by atoms with E-state index in [1.165, 1.54) is 5.56 Å². The number of anilines is 1. The maximum absolute atomic E-state index is 11.4. The molecular weight excluding hydrogens is 242 g/mol. The van der Waals surface area contributed by atoms with E-state index in [9.17, 15) is 4.79 Å². The Labute approximate surface area is 92.0 Å². The van der Waals surface area contributed by atoms with Crippen LogP contribution < -0.4 is 4.90 Å². The second-order valence-electron chi connectivity index (χ2n) is 3.53. The van der Waals surface area contributed by atoms with Gasteiger partial charge in [-0.15, -0.1) is 0 Å². The first-order valence-corrected chi connectivity index (χ1v) is 5.79. The molecule has 0 N–H and O–H groups in total. The summed E-state index contributed by atoms with van der Waals surface area (Å²) < 4.78 is 0. The highest BCUT2D eigenvalue weighted by Gasteiger charge is 2.23. The highest BCUT2D eigenvalue weighted by Crippen LogP contribution is 2.28. The highest BCUT2D eigenvalue weighted by atomic mass is 79.9. The molecule has 0 radical (unpaired) electrons. The van der Waals surface area contributed by atoms with Crippen LogP contribution in [0.4, 0.5) is 5.69 Å². The predicted octanol–water partition coefficient (Wildman–Crippen LogP) is 2.14. The number of likely N-dealkylation sites (N-methyl/N-ethyl adjacent to an activating group) is 1. The second-order valence-corrected chi connectivity index (χ2v) is 4.32. The molecule has 0 unspecified atom stereocenters. The summed E-state index contributed by atoms with van der Waals surface area (Å²) in [6, 6.07) is 6.27.